The number of halogens is 1. The minimum Gasteiger partial charge on any atom is -0.487 e. The molecule has 0 fully saturated rings. The summed E-state index contributed by atoms with van der Waals surface area (Å²) in [5.74, 6) is -0.256. The van der Waals surface area contributed by atoms with Crippen molar-refractivity contribution in [3.8, 4) is 5.75 Å². The summed E-state index contributed by atoms with van der Waals surface area (Å²) < 4.78 is 24.6. The number of likely N-dealkylation sites (N-methyl/N-ethyl adjacent to an activating group) is 1. The Kier molecular flexibility index (Phi) is 9.31. The average molecular weight is 583 g/mol. The third kappa shape index (κ3) is 6.97. The van der Waals surface area contributed by atoms with Gasteiger partial charge in [0.2, 0.25) is 0 Å². The molecule has 4 N–H and O–H groups in total. The van der Waals surface area contributed by atoms with Crippen molar-refractivity contribution < 1.29 is 33.1 Å². The van der Waals surface area contributed by atoms with E-state index < -0.39 is 24.0 Å². The molecule has 5 amide bonds. The van der Waals surface area contributed by atoms with Crippen molar-refractivity contribution in [3.63, 3.8) is 0 Å². The number of ether oxygens (including phenoxy) is 1. The maximum absolute atomic E-state index is 13.7. The highest BCUT2D eigenvalue weighted by Gasteiger charge is 2.34. The van der Waals surface area contributed by atoms with Gasteiger partial charge in [-0.2, -0.15) is 0 Å². The van der Waals surface area contributed by atoms with Crippen LogP contribution in [0.15, 0.2) is 47.0 Å². The number of aryl methyl sites for hydroxylation is 2. The summed E-state index contributed by atoms with van der Waals surface area (Å²) in [5, 5.41) is 21.8. The van der Waals surface area contributed by atoms with Crippen molar-refractivity contribution in [2.75, 3.05) is 42.7 Å². The fraction of sp³-hybridized carbons (Fsp3) is 0.379. The zero-order valence-electron chi connectivity index (χ0n) is 24.1. The van der Waals surface area contributed by atoms with Gasteiger partial charge in [-0.3, -0.25) is 4.79 Å². The van der Waals surface area contributed by atoms with Gasteiger partial charge in [0.15, 0.2) is 5.76 Å². The van der Waals surface area contributed by atoms with E-state index >= 15 is 0 Å². The molecule has 0 saturated carbocycles. The van der Waals surface area contributed by atoms with Crippen LogP contribution in [0, 0.1) is 25.6 Å². The standard InChI is InChI=1S/C29H35FN6O6/c1-16-13-36(17(2)15-37)27(38)23-12-22(32-28(39)31-21-8-6-20(30)7-9-21)10-11-24(23)41-25(16)14-35(5)29(40)33-26-18(3)34-42-19(26)4/h6-12,16-17,25,37H,13-15H2,1-5H3,(H,33,40)(H2,31,32,39)/t16-,17+,25+/m1/s1. The summed E-state index contributed by atoms with van der Waals surface area (Å²) in [4.78, 5) is 42.2. The molecule has 13 heteroatoms. The van der Waals surface area contributed by atoms with Crippen LogP contribution < -0.4 is 20.7 Å². The number of nitrogens with one attached hydrogen (secondary N) is 3. The molecule has 12 nitrogen and oxygen atoms in total. The monoisotopic (exact) mass is 582 g/mol. The number of carbonyl (C=O) groups excluding carboxylic acids is 3. The van der Waals surface area contributed by atoms with Gasteiger partial charge in [0, 0.05) is 30.9 Å². The molecule has 42 heavy (non-hydrogen) atoms. The van der Waals surface area contributed by atoms with Crippen LogP contribution in [-0.2, 0) is 0 Å². The van der Waals surface area contributed by atoms with Gasteiger partial charge in [0.25, 0.3) is 5.91 Å². The number of nitrogens with zero attached hydrogens (tertiary/aromatic N) is 3. The molecule has 4 rings (SSSR count). The van der Waals surface area contributed by atoms with Gasteiger partial charge in [-0.05, 0) is 63.2 Å². The first kappa shape index (κ1) is 30.3. The van der Waals surface area contributed by atoms with E-state index in [9.17, 15) is 23.9 Å². The van der Waals surface area contributed by atoms with E-state index in [0.29, 0.717) is 28.5 Å². The molecular formula is C29H35FN6O6. The van der Waals surface area contributed by atoms with Crippen molar-refractivity contribution in [2.24, 2.45) is 5.92 Å². The first-order chi connectivity index (χ1) is 20.0. The number of hydrogen-bond donors (Lipinski definition) is 4. The second-order valence-corrected chi connectivity index (χ2v) is 10.4. The number of hydrogen-bond acceptors (Lipinski definition) is 7. The van der Waals surface area contributed by atoms with Gasteiger partial charge in [-0.25, -0.2) is 14.0 Å². The number of benzene rings is 2. The maximum Gasteiger partial charge on any atom is 0.323 e. The Morgan fingerprint density at radius 2 is 1.81 bits per heavy atom. The van der Waals surface area contributed by atoms with Crippen LogP contribution in [0.25, 0.3) is 0 Å². The molecule has 0 radical (unpaired) electrons. The first-order valence-corrected chi connectivity index (χ1v) is 13.5. The van der Waals surface area contributed by atoms with E-state index in [4.69, 9.17) is 9.26 Å². The Balaban J connectivity index is 1.55. The Labute approximate surface area is 242 Å². The summed E-state index contributed by atoms with van der Waals surface area (Å²) in [6, 6.07) is 8.51. The molecule has 0 bridgehead atoms. The van der Waals surface area contributed by atoms with E-state index in [2.05, 4.69) is 21.1 Å². The highest BCUT2D eigenvalue weighted by molar-refractivity contribution is 6.02. The molecule has 0 unspecified atom stereocenters. The number of aliphatic hydroxyl groups is 1. The zero-order chi connectivity index (χ0) is 30.6. The predicted molar refractivity (Wildman–Crippen MR) is 154 cm³/mol. The van der Waals surface area contributed by atoms with Gasteiger partial charge >= 0.3 is 12.1 Å². The number of fused-ring (bicyclic) bond motifs is 1. The summed E-state index contributed by atoms with van der Waals surface area (Å²) in [6.45, 7) is 7.27. The van der Waals surface area contributed by atoms with E-state index in [1.165, 1.54) is 35.2 Å². The Bertz CT molecular complexity index is 1430. The third-order valence-electron chi connectivity index (χ3n) is 7.09. The van der Waals surface area contributed by atoms with Crippen molar-refractivity contribution in [2.45, 2.75) is 39.8 Å². The highest BCUT2D eigenvalue weighted by atomic mass is 19.1. The molecule has 1 aliphatic rings. The molecule has 1 aromatic heterocycles. The molecule has 3 atom stereocenters. The quantitative estimate of drug-likeness (QED) is 0.321. The molecule has 2 aromatic carbocycles. The summed E-state index contributed by atoms with van der Waals surface area (Å²) in [6.07, 6.45) is -0.522. The van der Waals surface area contributed by atoms with Crippen molar-refractivity contribution in [1.29, 1.82) is 0 Å². The summed E-state index contributed by atoms with van der Waals surface area (Å²) in [5.41, 5.74) is 1.96. The van der Waals surface area contributed by atoms with Crippen LogP contribution in [0.3, 0.4) is 0 Å². The molecule has 0 aliphatic carbocycles. The topological polar surface area (TPSA) is 149 Å². The van der Waals surface area contributed by atoms with Crippen molar-refractivity contribution in [1.82, 2.24) is 15.0 Å². The summed E-state index contributed by atoms with van der Waals surface area (Å²) >= 11 is 0. The molecule has 3 aromatic rings. The van der Waals surface area contributed by atoms with Crippen LogP contribution in [0.4, 0.5) is 31.0 Å². The number of aromatic nitrogens is 1. The molecule has 0 saturated heterocycles. The molecule has 0 spiro atoms. The molecule has 2 heterocycles. The van der Waals surface area contributed by atoms with E-state index in [1.807, 2.05) is 6.92 Å². The number of anilines is 3. The third-order valence-corrected chi connectivity index (χ3v) is 7.09. The molecule has 1 aliphatic heterocycles. The lowest BCUT2D eigenvalue weighted by Gasteiger charge is -2.38. The summed E-state index contributed by atoms with van der Waals surface area (Å²) in [7, 11) is 1.63. The van der Waals surface area contributed by atoms with Crippen LogP contribution in [0.5, 0.6) is 5.75 Å². The largest absolute Gasteiger partial charge is 0.487 e. The zero-order valence-corrected chi connectivity index (χ0v) is 24.1. The normalized spacial score (nSPS) is 17.3. The van der Waals surface area contributed by atoms with Crippen molar-refractivity contribution in [3.05, 3.63) is 65.3 Å². The lowest BCUT2D eigenvalue weighted by Crippen LogP contribution is -2.50. The van der Waals surface area contributed by atoms with Gasteiger partial charge in [-0.15, -0.1) is 0 Å². The van der Waals surface area contributed by atoms with Gasteiger partial charge in [-0.1, -0.05) is 12.1 Å². The number of amides is 5. The Hall–Kier alpha value is -4.65. The van der Waals surface area contributed by atoms with Gasteiger partial charge < -0.3 is 40.1 Å². The fourth-order valence-corrected chi connectivity index (χ4v) is 4.56. The number of aliphatic hydroxyl groups excluding tert-OH is 1. The smallest absolute Gasteiger partial charge is 0.323 e. The second-order valence-electron chi connectivity index (χ2n) is 10.4. The minimum atomic E-state index is -0.584. The number of carbonyl (C=O) groups is 3. The number of rotatable bonds is 7. The SMILES string of the molecule is Cc1noc(C)c1NC(=O)N(C)C[C@@H]1Oc2ccc(NC(=O)Nc3ccc(F)cc3)cc2C(=O)N([C@@H](C)CO)C[C@H]1C. The second kappa shape index (κ2) is 12.9. The maximum atomic E-state index is 13.7. The van der Waals surface area contributed by atoms with E-state index in [1.54, 1.807) is 44.9 Å². The van der Waals surface area contributed by atoms with Crippen LogP contribution in [-0.4, -0.2) is 76.9 Å². The van der Waals surface area contributed by atoms with Gasteiger partial charge in [0.05, 0.1) is 24.8 Å². The van der Waals surface area contributed by atoms with Crippen LogP contribution in [0.2, 0.25) is 0 Å². The molecule has 224 valence electrons. The average Bonchev–Trinajstić information content (AvgIpc) is 3.27. The first-order valence-electron chi connectivity index (χ1n) is 13.5. The Morgan fingerprint density at radius 3 is 2.45 bits per heavy atom. The lowest BCUT2D eigenvalue weighted by atomic mass is 9.99. The van der Waals surface area contributed by atoms with Crippen molar-refractivity contribution >= 4 is 35.0 Å². The minimum absolute atomic E-state index is 0.186. The molecular weight excluding hydrogens is 547 g/mol. The van der Waals surface area contributed by atoms with E-state index in [0.717, 1.165) is 0 Å². The van der Waals surface area contributed by atoms with Gasteiger partial charge in [0.1, 0.15) is 29.1 Å². The highest BCUT2D eigenvalue weighted by Crippen LogP contribution is 2.31. The van der Waals surface area contributed by atoms with Crippen LogP contribution in [0.1, 0.15) is 35.7 Å². The lowest BCUT2D eigenvalue weighted by molar-refractivity contribution is 0.0371. The number of urea groups is 2. The Morgan fingerprint density at radius 1 is 1.14 bits per heavy atom. The predicted octanol–water partition coefficient (Wildman–Crippen LogP) is 4.46. The fourth-order valence-electron chi connectivity index (χ4n) is 4.56. The van der Waals surface area contributed by atoms with E-state index in [-0.39, 0.29) is 48.9 Å². The van der Waals surface area contributed by atoms with Crippen LogP contribution >= 0.6 is 0 Å².